The molecule has 2 amide bonds. The van der Waals surface area contributed by atoms with E-state index < -0.39 is 0 Å². The number of benzene rings is 2. The largest absolute Gasteiger partial charge is 0.399 e. The van der Waals surface area contributed by atoms with Gasteiger partial charge in [0.25, 0.3) is 11.8 Å². The predicted molar refractivity (Wildman–Crippen MR) is 106 cm³/mol. The minimum Gasteiger partial charge on any atom is -0.399 e. The second kappa shape index (κ2) is 7.53. The van der Waals surface area contributed by atoms with Crippen molar-refractivity contribution in [1.29, 1.82) is 0 Å². The van der Waals surface area contributed by atoms with Crippen LogP contribution in [0.3, 0.4) is 0 Å². The number of rotatable bonds is 5. The van der Waals surface area contributed by atoms with Gasteiger partial charge in [0.05, 0.1) is 10.2 Å². The van der Waals surface area contributed by atoms with Gasteiger partial charge in [-0.05, 0) is 56.3 Å². The Hall–Kier alpha value is -2.93. The van der Waals surface area contributed by atoms with Crippen molar-refractivity contribution in [1.82, 2.24) is 9.88 Å². The van der Waals surface area contributed by atoms with E-state index in [0.29, 0.717) is 35.0 Å². The molecule has 0 unspecified atom stereocenters. The van der Waals surface area contributed by atoms with Crippen LogP contribution in [-0.4, -0.2) is 34.8 Å². The molecule has 0 aliphatic heterocycles. The molecule has 0 saturated heterocycles. The van der Waals surface area contributed by atoms with Gasteiger partial charge < -0.3 is 10.6 Å². The number of nitrogens with one attached hydrogen (secondary N) is 1. The summed E-state index contributed by atoms with van der Waals surface area (Å²) in [6, 6.07) is 12.1. The Morgan fingerprint density at radius 2 is 1.73 bits per heavy atom. The van der Waals surface area contributed by atoms with E-state index in [1.54, 1.807) is 41.3 Å². The maximum atomic E-state index is 12.5. The van der Waals surface area contributed by atoms with Gasteiger partial charge >= 0.3 is 0 Å². The van der Waals surface area contributed by atoms with Gasteiger partial charge in [0.2, 0.25) is 0 Å². The third-order valence-electron chi connectivity index (χ3n) is 4.08. The van der Waals surface area contributed by atoms with Crippen molar-refractivity contribution in [2.45, 2.75) is 13.8 Å². The highest BCUT2D eigenvalue weighted by atomic mass is 32.1. The van der Waals surface area contributed by atoms with Gasteiger partial charge in [-0.2, -0.15) is 0 Å². The number of hydrogen-bond acceptors (Lipinski definition) is 5. The topological polar surface area (TPSA) is 88.3 Å². The molecule has 0 bridgehead atoms. The van der Waals surface area contributed by atoms with Gasteiger partial charge in [0, 0.05) is 29.9 Å². The fraction of sp³-hybridized carbons (Fsp3) is 0.211. The van der Waals surface area contributed by atoms with E-state index in [9.17, 15) is 9.59 Å². The Labute approximate surface area is 155 Å². The maximum absolute atomic E-state index is 12.5. The molecule has 1 heterocycles. The van der Waals surface area contributed by atoms with E-state index >= 15 is 0 Å². The molecule has 3 aromatic rings. The van der Waals surface area contributed by atoms with E-state index in [-0.39, 0.29) is 11.8 Å². The fourth-order valence-electron chi connectivity index (χ4n) is 2.61. The summed E-state index contributed by atoms with van der Waals surface area (Å²) in [6.45, 7) is 5.24. The van der Waals surface area contributed by atoms with Crippen molar-refractivity contribution in [2.24, 2.45) is 0 Å². The first-order valence-corrected chi connectivity index (χ1v) is 9.20. The van der Waals surface area contributed by atoms with E-state index in [4.69, 9.17) is 5.73 Å². The number of hydrogen-bond donors (Lipinski definition) is 2. The highest BCUT2D eigenvalue weighted by molar-refractivity contribution is 7.22. The molecule has 7 heteroatoms. The third-order valence-corrected chi connectivity index (χ3v) is 5.01. The smallest absolute Gasteiger partial charge is 0.257 e. The van der Waals surface area contributed by atoms with Crippen molar-refractivity contribution in [2.75, 3.05) is 24.1 Å². The van der Waals surface area contributed by atoms with Crippen molar-refractivity contribution in [3.8, 4) is 0 Å². The quantitative estimate of drug-likeness (QED) is 0.673. The van der Waals surface area contributed by atoms with Gasteiger partial charge in [0.1, 0.15) is 0 Å². The fourth-order valence-corrected chi connectivity index (χ4v) is 3.51. The van der Waals surface area contributed by atoms with Crippen LogP contribution in [0.5, 0.6) is 0 Å². The van der Waals surface area contributed by atoms with Gasteiger partial charge in [0.15, 0.2) is 5.13 Å². The minimum atomic E-state index is -0.247. The first kappa shape index (κ1) is 17.9. The van der Waals surface area contributed by atoms with Crippen LogP contribution in [0.25, 0.3) is 10.2 Å². The SMILES string of the molecule is CCN(CC)C(=O)c1ccc2nc(NC(=O)c3ccc(N)cc3)sc2c1. The normalized spacial score (nSPS) is 10.7. The van der Waals surface area contributed by atoms with Crippen molar-refractivity contribution in [3.05, 3.63) is 53.6 Å². The van der Waals surface area contributed by atoms with Gasteiger partial charge in [-0.3, -0.25) is 14.9 Å². The number of aromatic nitrogens is 1. The molecule has 0 radical (unpaired) electrons. The zero-order valence-electron chi connectivity index (χ0n) is 14.7. The molecule has 6 nitrogen and oxygen atoms in total. The van der Waals surface area contributed by atoms with E-state index in [0.717, 1.165) is 10.2 Å². The molecule has 3 rings (SSSR count). The van der Waals surface area contributed by atoms with Crippen LogP contribution in [-0.2, 0) is 0 Å². The molecule has 1 aromatic heterocycles. The average Bonchev–Trinajstić information content (AvgIpc) is 3.04. The number of nitrogens with zero attached hydrogens (tertiary/aromatic N) is 2. The second-order valence-electron chi connectivity index (χ2n) is 5.76. The van der Waals surface area contributed by atoms with Crippen LogP contribution in [0.4, 0.5) is 10.8 Å². The third kappa shape index (κ3) is 3.67. The molecule has 26 heavy (non-hydrogen) atoms. The van der Waals surface area contributed by atoms with E-state index in [2.05, 4.69) is 10.3 Å². The number of nitrogens with two attached hydrogens (primary N) is 1. The molecule has 0 atom stereocenters. The summed E-state index contributed by atoms with van der Waals surface area (Å²) in [5.41, 5.74) is 8.13. The predicted octanol–water partition coefficient (Wildman–Crippen LogP) is 3.61. The molecule has 0 saturated carbocycles. The monoisotopic (exact) mass is 368 g/mol. The minimum absolute atomic E-state index is 0.00207. The second-order valence-corrected chi connectivity index (χ2v) is 6.79. The summed E-state index contributed by atoms with van der Waals surface area (Å²) >= 11 is 1.34. The molecule has 2 aromatic carbocycles. The number of nitrogen functional groups attached to an aromatic ring is 1. The van der Waals surface area contributed by atoms with E-state index in [1.807, 2.05) is 19.9 Å². The number of carbonyl (C=O) groups excluding carboxylic acids is 2. The standard InChI is InChI=1S/C19H20N4O2S/c1-3-23(4-2)18(25)13-7-10-15-16(11-13)26-19(21-15)22-17(24)12-5-8-14(20)9-6-12/h5-11H,3-4,20H2,1-2H3,(H,21,22,24). The van der Waals surface area contributed by atoms with Gasteiger partial charge in [-0.15, -0.1) is 0 Å². The Bertz CT molecular complexity index is 946. The van der Waals surface area contributed by atoms with Crippen LogP contribution < -0.4 is 11.1 Å². The summed E-state index contributed by atoms with van der Waals surface area (Å²) in [7, 11) is 0. The summed E-state index contributed by atoms with van der Waals surface area (Å²) < 4.78 is 0.857. The Morgan fingerprint density at radius 1 is 1.08 bits per heavy atom. The first-order valence-electron chi connectivity index (χ1n) is 8.38. The molecule has 0 aliphatic rings. The van der Waals surface area contributed by atoms with E-state index in [1.165, 1.54) is 11.3 Å². The van der Waals surface area contributed by atoms with Gasteiger partial charge in [-0.1, -0.05) is 11.3 Å². The molecule has 3 N–H and O–H groups in total. The molecular formula is C19H20N4O2S. The number of thiazole rings is 1. The first-order chi connectivity index (χ1) is 12.5. The Kier molecular flexibility index (Phi) is 5.18. The van der Waals surface area contributed by atoms with Gasteiger partial charge in [-0.25, -0.2) is 4.98 Å². The van der Waals surface area contributed by atoms with Crippen LogP contribution in [0.1, 0.15) is 34.6 Å². The lowest BCUT2D eigenvalue weighted by Gasteiger charge is -2.18. The van der Waals surface area contributed by atoms with Crippen molar-refractivity contribution >= 4 is 44.2 Å². The summed E-state index contributed by atoms with van der Waals surface area (Å²) in [4.78, 5) is 31.0. The lowest BCUT2D eigenvalue weighted by atomic mass is 10.2. The van der Waals surface area contributed by atoms with Crippen molar-refractivity contribution < 1.29 is 9.59 Å². The molecule has 0 aliphatic carbocycles. The number of anilines is 2. The zero-order chi connectivity index (χ0) is 18.7. The summed E-state index contributed by atoms with van der Waals surface area (Å²) in [5, 5.41) is 3.29. The number of amides is 2. The summed E-state index contributed by atoms with van der Waals surface area (Å²) in [5.74, 6) is -0.249. The van der Waals surface area contributed by atoms with Crippen LogP contribution in [0, 0.1) is 0 Å². The Morgan fingerprint density at radius 3 is 2.38 bits per heavy atom. The molecule has 134 valence electrons. The number of fused-ring (bicyclic) bond motifs is 1. The highest BCUT2D eigenvalue weighted by Crippen LogP contribution is 2.27. The lowest BCUT2D eigenvalue weighted by Crippen LogP contribution is -2.30. The number of carbonyl (C=O) groups is 2. The lowest BCUT2D eigenvalue weighted by molar-refractivity contribution is 0.0773. The molecule has 0 fully saturated rings. The summed E-state index contributed by atoms with van der Waals surface area (Å²) in [6.07, 6.45) is 0. The highest BCUT2D eigenvalue weighted by Gasteiger charge is 2.15. The van der Waals surface area contributed by atoms with Crippen LogP contribution in [0.2, 0.25) is 0 Å². The molecule has 0 spiro atoms. The maximum Gasteiger partial charge on any atom is 0.257 e. The van der Waals surface area contributed by atoms with Crippen LogP contribution in [0.15, 0.2) is 42.5 Å². The zero-order valence-corrected chi connectivity index (χ0v) is 15.5. The van der Waals surface area contributed by atoms with Crippen LogP contribution >= 0.6 is 11.3 Å². The van der Waals surface area contributed by atoms with Crippen molar-refractivity contribution in [3.63, 3.8) is 0 Å². The molecular weight excluding hydrogens is 348 g/mol. The average molecular weight is 368 g/mol. The Balaban J connectivity index is 1.82.